The van der Waals surface area contributed by atoms with Crippen molar-refractivity contribution in [3.63, 3.8) is 0 Å². The molecule has 0 aliphatic heterocycles. The number of fused-ring (bicyclic) bond motifs is 1. The SMILES string of the molecule is Cn1nc(C(C)(C)C)c(/N=N/c2[nH]nc(C(C)(C)C)c2C#N)c1NS(=O)(=O)c1cccc2cccnc12. The minimum atomic E-state index is -4.08. The van der Waals surface area contributed by atoms with Crippen molar-refractivity contribution >= 4 is 38.2 Å². The lowest BCUT2D eigenvalue weighted by atomic mass is 9.90. The van der Waals surface area contributed by atoms with Gasteiger partial charge in [0.15, 0.2) is 17.3 Å². The van der Waals surface area contributed by atoms with E-state index < -0.39 is 15.4 Å². The predicted octanol–water partition coefficient (Wildman–Crippen LogP) is 5.37. The summed E-state index contributed by atoms with van der Waals surface area (Å²) < 4.78 is 31.1. The summed E-state index contributed by atoms with van der Waals surface area (Å²) in [6.07, 6.45) is 1.55. The van der Waals surface area contributed by atoms with Crippen molar-refractivity contribution in [1.29, 1.82) is 5.26 Å². The quantitative estimate of drug-likeness (QED) is 0.338. The fraction of sp³-hybridized carbons (Fsp3) is 0.360. The van der Waals surface area contributed by atoms with Crippen LogP contribution in [0.3, 0.4) is 0 Å². The summed E-state index contributed by atoms with van der Waals surface area (Å²) >= 11 is 0. The van der Waals surface area contributed by atoms with Crippen molar-refractivity contribution in [1.82, 2.24) is 25.0 Å². The number of aryl methyl sites for hydroxylation is 1. The van der Waals surface area contributed by atoms with E-state index in [4.69, 9.17) is 0 Å². The summed E-state index contributed by atoms with van der Waals surface area (Å²) in [5, 5.41) is 30.7. The van der Waals surface area contributed by atoms with Gasteiger partial charge in [-0.15, -0.1) is 10.2 Å². The number of azo groups is 1. The van der Waals surface area contributed by atoms with Gasteiger partial charge in [-0.1, -0.05) is 59.7 Å². The molecular formula is C25H29N9O2S. The Bertz CT molecular complexity index is 1660. The van der Waals surface area contributed by atoms with Gasteiger partial charge in [-0.2, -0.15) is 15.5 Å². The number of anilines is 1. The Kier molecular flexibility index (Phi) is 6.37. The molecule has 0 spiro atoms. The Balaban J connectivity index is 1.84. The average Bonchev–Trinajstić information content (AvgIpc) is 3.37. The van der Waals surface area contributed by atoms with E-state index in [0.717, 1.165) is 0 Å². The molecule has 37 heavy (non-hydrogen) atoms. The van der Waals surface area contributed by atoms with Crippen molar-refractivity contribution in [2.24, 2.45) is 17.3 Å². The second kappa shape index (κ2) is 9.08. The molecule has 0 aliphatic carbocycles. The minimum Gasteiger partial charge on any atom is -0.262 e. The van der Waals surface area contributed by atoms with Crippen LogP contribution in [0.2, 0.25) is 0 Å². The highest BCUT2D eigenvalue weighted by Gasteiger charge is 2.30. The van der Waals surface area contributed by atoms with Gasteiger partial charge in [0, 0.05) is 29.5 Å². The zero-order chi connectivity index (χ0) is 27.2. The molecule has 4 aromatic rings. The molecule has 0 amide bonds. The van der Waals surface area contributed by atoms with E-state index in [1.807, 2.05) is 41.5 Å². The van der Waals surface area contributed by atoms with E-state index in [0.29, 0.717) is 22.3 Å². The number of nitrogens with zero attached hydrogens (tertiary/aromatic N) is 7. The summed E-state index contributed by atoms with van der Waals surface area (Å²) in [6.45, 7) is 11.7. The number of pyridine rings is 1. The van der Waals surface area contributed by atoms with Crippen LogP contribution in [-0.2, 0) is 27.9 Å². The van der Waals surface area contributed by atoms with E-state index in [2.05, 4.69) is 41.3 Å². The lowest BCUT2D eigenvalue weighted by molar-refractivity contribution is 0.554. The Morgan fingerprint density at radius 3 is 2.35 bits per heavy atom. The Labute approximate surface area is 215 Å². The number of nitriles is 1. The maximum Gasteiger partial charge on any atom is 0.265 e. The Morgan fingerprint density at radius 1 is 1.03 bits per heavy atom. The van der Waals surface area contributed by atoms with E-state index in [9.17, 15) is 13.7 Å². The third-order valence-corrected chi connectivity index (χ3v) is 7.04. The molecule has 192 valence electrons. The number of hydrogen-bond acceptors (Lipinski definition) is 8. The third kappa shape index (κ3) is 4.95. The van der Waals surface area contributed by atoms with E-state index in [1.165, 1.54) is 10.7 Å². The normalized spacial score (nSPS) is 12.8. The van der Waals surface area contributed by atoms with Crippen LogP contribution in [0, 0.1) is 11.3 Å². The molecule has 3 heterocycles. The summed E-state index contributed by atoms with van der Waals surface area (Å²) in [7, 11) is -2.45. The molecule has 4 rings (SSSR count). The largest absolute Gasteiger partial charge is 0.265 e. The van der Waals surface area contributed by atoms with Gasteiger partial charge in [0.25, 0.3) is 10.0 Å². The predicted molar refractivity (Wildman–Crippen MR) is 141 cm³/mol. The Morgan fingerprint density at radius 2 is 1.70 bits per heavy atom. The van der Waals surface area contributed by atoms with Crippen LogP contribution in [0.5, 0.6) is 0 Å². The molecule has 12 heteroatoms. The fourth-order valence-corrected chi connectivity index (χ4v) is 5.13. The standard InChI is InChI=1S/C25H29N9O2S/c1-24(2,3)20-16(14-26)22(31-29-20)30-28-19-21(25(4,5)6)32-34(7)23(19)33-37(35,36)17-12-8-10-15-11-9-13-27-18(15)17/h8-13,33H,1-7H3,(H,29,31)/b30-28+. The second-order valence-corrected chi connectivity index (χ2v) is 12.4. The van der Waals surface area contributed by atoms with Gasteiger partial charge in [0.05, 0.1) is 16.9 Å². The van der Waals surface area contributed by atoms with Crippen LogP contribution >= 0.6 is 0 Å². The van der Waals surface area contributed by atoms with Gasteiger partial charge >= 0.3 is 0 Å². The lowest BCUT2D eigenvalue weighted by Crippen LogP contribution is -2.16. The number of para-hydroxylation sites is 1. The van der Waals surface area contributed by atoms with Crippen LogP contribution < -0.4 is 4.72 Å². The first-order valence-corrected chi connectivity index (χ1v) is 13.1. The summed E-state index contributed by atoms with van der Waals surface area (Å²) in [5.41, 5.74) is 1.10. The van der Waals surface area contributed by atoms with Crippen molar-refractivity contribution in [2.45, 2.75) is 57.3 Å². The highest BCUT2D eigenvalue weighted by molar-refractivity contribution is 7.93. The number of rotatable bonds is 5. The highest BCUT2D eigenvalue weighted by Crippen LogP contribution is 2.39. The van der Waals surface area contributed by atoms with Gasteiger partial charge in [-0.3, -0.25) is 14.8 Å². The molecular weight excluding hydrogens is 490 g/mol. The zero-order valence-electron chi connectivity index (χ0n) is 21.8. The summed E-state index contributed by atoms with van der Waals surface area (Å²) in [4.78, 5) is 4.30. The third-order valence-electron chi connectivity index (χ3n) is 5.67. The first-order chi connectivity index (χ1) is 17.2. The van der Waals surface area contributed by atoms with Crippen molar-refractivity contribution < 1.29 is 8.42 Å². The van der Waals surface area contributed by atoms with Crippen LogP contribution in [-0.4, -0.2) is 33.4 Å². The smallest absolute Gasteiger partial charge is 0.262 e. The topological polar surface area (TPSA) is 154 Å². The van der Waals surface area contributed by atoms with Crippen LogP contribution in [0.1, 0.15) is 58.5 Å². The first-order valence-electron chi connectivity index (χ1n) is 11.6. The molecule has 0 saturated heterocycles. The maximum absolute atomic E-state index is 13.5. The van der Waals surface area contributed by atoms with Crippen molar-refractivity contribution in [3.05, 3.63) is 53.5 Å². The van der Waals surface area contributed by atoms with Crippen molar-refractivity contribution in [2.75, 3.05) is 4.72 Å². The molecule has 0 fully saturated rings. The summed E-state index contributed by atoms with van der Waals surface area (Å²) in [5.74, 6) is 0.318. The average molecular weight is 520 g/mol. The summed E-state index contributed by atoms with van der Waals surface area (Å²) in [6, 6.07) is 10.6. The molecule has 0 radical (unpaired) electrons. The number of aromatic nitrogens is 5. The molecule has 3 aromatic heterocycles. The number of H-pyrrole nitrogens is 1. The molecule has 0 saturated carbocycles. The lowest BCUT2D eigenvalue weighted by Gasteiger charge is -2.15. The van der Waals surface area contributed by atoms with Crippen LogP contribution in [0.4, 0.5) is 17.3 Å². The van der Waals surface area contributed by atoms with Crippen LogP contribution in [0.25, 0.3) is 10.9 Å². The molecule has 2 N–H and O–H groups in total. The number of sulfonamides is 1. The monoisotopic (exact) mass is 519 g/mol. The molecule has 0 atom stereocenters. The van der Waals surface area contributed by atoms with Gasteiger partial charge in [-0.05, 0) is 12.1 Å². The van der Waals surface area contributed by atoms with Gasteiger partial charge < -0.3 is 0 Å². The number of benzene rings is 1. The minimum absolute atomic E-state index is 0.0298. The van der Waals surface area contributed by atoms with E-state index in [1.54, 1.807) is 37.5 Å². The first kappa shape index (κ1) is 26.0. The van der Waals surface area contributed by atoms with E-state index >= 15 is 0 Å². The van der Waals surface area contributed by atoms with Crippen LogP contribution in [0.15, 0.2) is 51.7 Å². The van der Waals surface area contributed by atoms with Gasteiger partial charge in [0.2, 0.25) is 0 Å². The van der Waals surface area contributed by atoms with Gasteiger partial charge in [0.1, 0.15) is 16.5 Å². The number of hydrogen-bond donors (Lipinski definition) is 2. The maximum atomic E-state index is 13.5. The molecule has 1 aromatic carbocycles. The molecule has 0 unspecified atom stereocenters. The molecule has 0 bridgehead atoms. The molecule has 11 nitrogen and oxygen atoms in total. The van der Waals surface area contributed by atoms with E-state index in [-0.39, 0.29) is 33.2 Å². The highest BCUT2D eigenvalue weighted by atomic mass is 32.2. The zero-order valence-corrected chi connectivity index (χ0v) is 22.6. The second-order valence-electron chi connectivity index (χ2n) is 10.7. The molecule has 0 aliphatic rings. The van der Waals surface area contributed by atoms with Gasteiger partial charge in [-0.25, -0.2) is 13.1 Å². The fourth-order valence-electron chi connectivity index (χ4n) is 3.86. The Hall–Kier alpha value is -4.11. The van der Waals surface area contributed by atoms with Crippen molar-refractivity contribution in [3.8, 4) is 6.07 Å². The number of nitrogens with one attached hydrogen (secondary N) is 2. The number of aromatic amines is 1.